The van der Waals surface area contributed by atoms with E-state index in [1.54, 1.807) is 0 Å². The Morgan fingerprint density at radius 2 is 1.95 bits per heavy atom. The molecular weight excluding hydrogens is 262 g/mol. The Hall–Kier alpha value is -2.29. The highest BCUT2D eigenvalue weighted by Crippen LogP contribution is 2.19. The molecule has 0 aliphatic carbocycles. The summed E-state index contributed by atoms with van der Waals surface area (Å²) in [5.41, 5.74) is 0.599. The number of halogens is 2. The topological polar surface area (TPSA) is 52.8 Å². The van der Waals surface area contributed by atoms with Crippen LogP contribution >= 0.6 is 0 Å². The van der Waals surface area contributed by atoms with Crippen LogP contribution in [0.25, 0.3) is 11.0 Å². The summed E-state index contributed by atoms with van der Waals surface area (Å²) in [5, 5.41) is 8.86. The summed E-state index contributed by atoms with van der Waals surface area (Å²) in [6.45, 7) is 4.90. The Morgan fingerprint density at radius 3 is 2.55 bits per heavy atom. The molecule has 4 nitrogen and oxygen atoms in total. The number of hydrogen-bond acceptors (Lipinski definition) is 4. The monoisotopic (exact) mass is 276 g/mol. The van der Waals surface area contributed by atoms with Crippen LogP contribution in [0.2, 0.25) is 0 Å². The fourth-order valence-corrected chi connectivity index (χ4v) is 1.91. The Labute approximate surface area is 115 Å². The molecule has 0 unspecified atom stereocenters. The molecule has 0 fully saturated rings. The van der Waals surface area contributed by atoms with Crippen molar-refractivity contribution in [1.82, 2.24) is 9.97 Å². The van der Waals surface area contributed by atoms with Gasteiger partial charge in [0.25, 0.3) is 0 Å². The highest BCUT2D eigenvalue weighted by atomic mass is 19.2. The molecule has 1 atom stereocenters. The zero-order valence-corrected chi connectivity index (χ0v) is 11.3. The number of fused-ring (bicyclic) bond motifs is 1. The van der Waals surface area contributed by atoms with E-state index in [1.165, 1.54) is 6.20 Å². The van der Waals surface area contributed by atoms with Crippen LogP contribution in [0.1, 0.15) is 13.8 Å². The van der Waals surface area contributed by atoms with Gasteiger partial charge in [0.15, 0.2) is 11.6 Å². The first-order valence-electron chi connectivity index (χ1n) is 6.31. The Kier molecular flexibility index (Phi) is 4.08. The first-order valence-corrected chi connectivity index (χ1v) is 6.31. The van der Waals surface area contributed by atoms with Crippen molar-refractivity contribution in [3.63, 3.8) is 0 Å². The van der Waals surface area contributed by atoms with Crippen molar-refractivity contribution in [3.8, 4) is 6.07 Å². The van der Waals surface area contributed by atoms with Crippen LogP contribution in [0, 0.1) is 28.9 Å². The molecular formula is C14H14F2N4. The number of aromatic nitrogens is 2. The largest absolute Gasteiger partial charge is 0.354 e. The van der Waals surface area contributed by atoms with Gasteiger partial charge in [-0.1, -0.05) is 0 Å². The van der Waals surface area contributed by atoms with E-state index in [1.807, 2.05) is 18.7 Å². The van der Waals surface area contributed by atoms with Gasteiger partial charge >= 0.3 is 0 Å². The standard InChI is InChI=1S/C14H14F2N4/c1-3-20(8-9(2)6-17)14-7-18-12-4-10(15)11(16)5-13(12)19-14/h4-5,7,9H,3,8H2,1-2H3/t9-/m0/s1. The van der Waals surface area contributed by atoms with Gasteiger partial charge in [0, 0.05) is 25.2 Å². The molecule has 1 aromatic carbocycles. The summed E-state index contributed by atoms with van der Waals surface area (Å²) < 4.78 is 26.3. The van der Waals surface area contributed by atoms with Gasteiger partial charge in [-0.2, -0.15) is 5.26 Å². The van der Waals surface area contributed by atoms with Crippen molar-refractivity contribution in [2.24, 2.45) is 5.92 Å². The van der Waals surface area contributed by atoms with Crippen molar-refractivity contribution in [2.45, 2.75) is 13.8 Å². The van der Waals surface area contributed by atoms with Crippen molar-refractivity contribution >= 4 is 16.9 Å². The predicted molar refractivity (Wildman–Crippen MR) is 72.1 cm³/mol. The van der Waals surface area contributed by atoms with E-state index in [9.17, 15) is 8.78 Å². The molecule has 1 heterocycles. The highest BCUT2D eigenvalue weighted by Gasteiger charge is 2.13. The maximum atomic E-state index is 13.2. The van der Waals surface area contributed by atoms with Crippen LogP contribution in [-0.4, -0.2) is 23.1 Å². The third-order valence-electron chi connectivity index (χ3n) is 2.99. The van der Waals surface area contributed by atoms with Crippen LogP contribution in [-0.2, 0) is 0 Å². The fraction of sp³-hybridized carbons (Fsp3) is 0.357. The van der Waals surface area contributed by atoms with Crippen LogP contribution in [0.4, 0.5) is 14.6 Å². The second-order valence-electron chi connectivity index (χ2n) is 4.55. The van der Waals surface area contributed by atoms with Crippen LogP contribution in [0.5, 0.6) is 0 Å². The average Bonchev–Trinajstić information content (AvgIpc) is 2.45. The maximum absolute atomic E-state index is 13.2. The summed E-state index contributed by atoms with van der Waals surface area (Å²) in [6.07, 6.45) is 1.51. The van der Waals surface area contributed by atoms with Gasteiger partial charge in [0.2, 0.25) is 0 Å². The second-order valence-corrected chi connectivity index (χ2v) is 4.55. The molecule has 0 aliphatic heterocycles. The molecule has 104 valence electrons. The average molecular weight is 276 g/mol. The number of nitriles is 1. The quantitative estimate of drug-likeness (QED) is 0.861. The summed E-state index contributed by atoms with van der Waals surface area (Å²) >= 11 is 0. The molecule has 0 N–H and O–H groups in total. The summed E-state index contributed by atoms with van der Waals surface area (Å²) in [5.74, 6) is -1.49. The van der Waals surface area contributed by atoms with Crippen molar-refractivity contribution < 1.29 is 8.78 Å². The molecule has 1 aromatic heterocycles. The zero-order chi connectivity index (χ0) is 14.7. The molecule has 0 saturated heterocycles. The molecule has 0 radical (unpaired) electrons. The van der Waals surface area contributed by atoms with Crippen molar-refractivity contribution in [3.05, 3.63) is 30.0 Å². The lowest BCUT2D eigenvalue weighted by molar-refractivity contribution is 0.510. The molecule has 0 amide bonds. The van der Waals surface area contributed by atoms with Gasteiger partial charge in [-0.3, -0.25) is 4.98 Å². The Bertz CT molecular complexity index is 666. The number of nitrogens with zero attached hydrogens (tertiary/aromatic N) is 4. The first-order chi connectivity index (χ1) is 9.55. The van der Waals surface area contributed by atoms with E-state index >= 15 is 0 Å². The van der Waals surface area contributed by atoms with E-state index in [0.29, 0.717) is 29.9 Å². The van der Waals surface area contributed by atoms with E-state index in [4.69, 9.17) is 5.26 Å². The van der Waals surface area contributed by atoms with Gasteiger partial charge in [0.05, 0.1) is 29.2 Å². The molecule has 0 spiro atoms. The van der Waals surface area contributed by atoms with E-state index < -0.39 is 11.6 Å². The maximum Gasteiger partial charge on any atom is 0.161 e. The minimum atomic E-state index is -0.947. The van der Waals surface area contributed by atoms with Gasteiger partial charge < -0.3 is 4.90 Å². The number of rotatable bonds is 4. The van der Waals surface area contributed by atoms with Crippen LogP contribution in [0.15, 0.2) is 18.3 Å². The summed E-state index contributed by atoms with van der Waals surface area (Å²) in [7, 11) is 0. The lowest BCUT2D eigenvalue weighted by atomic mass is 10.2. The number of benzene rings is 1. The first kappa shape index (κ1) is 14.1. The number of hydrogen-bond donors (Lipinski definition) is 0. The minimum absolute atomic E-state index is 0.155. The van der Waals surface area contributed by atoms with Crippen LogP contribution < -0.4 is 4.90 Å². The minimum Gasteiger partial charge on any atom is -0.354 e. The SMILES string of the molecule is CCN(C[C@@H](C)C#N)c1cnc2cc(F)c(F)cc2n1. The van der Waals surface area contributed by atoms with Crippen molar-refractivity contribution in [1.29, 1.82) is 5.26 Å². The van der Waals surface area contributed by atoms with Crippen LogP contribution in [0.3, 0.4) is 0 Å². The van der Waals surface area contributed by atoms with E-state index in [-0.39, 0.29) is 5.92 Å². The molecule has 0 aliphatic rings. The van der Waals surface area contributed by atoms with Crippen molar-refractivity contribution in [2.75, 3.05) is 18.0 Å². The van der Waals surface area contributed by atoms with E-state index in [2.05, 4.69) is 16.0 Å². The molecule has 20 heavy (non-hydrogen) atoms. The fourth-order valence-electron chi connectivity index (χ4n) is 1.91. The van der Waals surface area contributed by atoms with E-state index in [0.717, 1.165) is 12.1 Å². The molecule has 2 aromatic rings. The lowest BCUT2D eigenvalue weighted by Crippen LogP contribution is -2.28. The molecule has 0 bridgehead atoms. The smallest absolute Gasteiger partial charge is 0.161 e. The van der Waals surface area contributed by atoms with Gasteiger partial charge in [-0.15, -0.1) is 0 Å². The Balaban J connectivity index is 2.39. The number of anilines is 1. The zero-order valence-electron chi connectivity index (χ0n) is 11.3. The second kappa shape index (κ2) is 5.78. The lowest BCUT2D eigenvalue weighted by Gasteiger charge is -2.22. The highest BCUT2D eigenvalue weighted by molar-refractivity contribution is 5.75. The predicted octanol–water partition coefficient (Wildman–Crippen LogP) is 2.89. The molecule has 0 saturated carbocycles. The Morgan fingerprint density at radius 1 is 1.30 bits per heavy atom. The molecule has 6 heteroatoms. The summed E-state index contributed by atoms with van der Waals surface area (Å²) in [6, 6.07) is 4.21. The van der Waals surface area contributed by atoms with Gasteiger partial charge in [-0.05, 0) is 13.8 Å². The normalized spacial score (nSPS) is 12.2. The van der Waals surface area contributed by atoms with Gasteiger partial charge in [-0.25, -0.2) is 13.8 Å². The third kappa shape index (κ3) is 2.82. The third-order valence-corrected chi connectivity index (χ3v) is 2.99. The molecule has 2 rings (SSSR count). The van der Waals surface area contributed by atoms with Gasteiger partial charge in [0.1, 0.15) is 5.82 Å². The summed E-state index contributed by atoms with van der Waals surface area (Å²) in [4.78, 5) is 10.3.